The van der Waals surface area contributed by atoms with E-state index >= 15 is 0 Å². The number of aliphatic hydroxyl groups excluding tert-OH is 1. The van der Waals surface area contributed by atoms with Crippen molar-refractivity contribution >= 4 is 29.5 Å². The van der Waals surface area contributed by atoms with E-state index in [9.17, 15) is 19.5 Å². The first kappa shape index (κ1) is 30.4. The lowest BCUT2D eigenvalue weighted by molar-refractivity contribution is -0.155. The minimum absolute atomic E-state index is 0.0210. The second-order valence-corrected chi connectivity index (χ2v) is 13.8. The summed E-state index contributed by atoms with van der Waals surface area (Å²) in [5.41, 5.74) is 0.233. The number of amides is 2. The zero-order valence-electron chi connectivity index (χ0n) is 24.3. The molecule has 1 N–H and O–H groups in total. The lowest BCUT2D eigenvalue weighted by atomic mass is 9.66. The lowest BCUT2D eigenvalue weighted by Crippen LogP contribution is -2.60. The van der Waals surface area contributed by atoms with Crippen LogP contribution in [0.5, 0.6) is 0 Å². The van der Waals surface area contributed by atoms with Crippen molar-refractivity contribution in [1.82, 2.24) is 9.80 Å². The van der Waals surface area contributed by atoms with E-state index in [-0.39, 0.29) is 35.6 Å². The zero-order valence-corrected chi connectivity index (χ0v) is 25.1. The maximum absolute atomic E-state index is 14.7. The third kappa shape index (κ3) is 5.13. The lowest BCUT2D eigenvalue weighted by Gasteiger charge is -2.45. The average molecular weight is 569 g/mol. The number of nitrogens with zero attached hydrogens (tertiary/aromatic N) is 2. The Labute approximate surface area is 243 Å². The van der Waals surface area contributed by atoms with Gasteiger partial charge in [-0.15, -0.1) is 24.9 Å². The van der Waals surface area contributed by atoms with Gasteiger partial charge in [-0.05, 0) is 57.9 Å². The Hall–Kier alpha value is -2.58. The summed E-state index contributed by atoms with van der Waals surface area (Å²) < 4.78 is 4.95. The van der Waals surface area contributed by atoms with Gasteiger partial charge >= 0.3 is 5.97 Å². The largest absolute Gasteiger partial charge is 0.465 e. The molecule has 2 amide bonds. The minimum Gasteiger partial charge on any atom is -0.465 e. The van der Waals surface area contributed by atoms with Crippen molar-refractivity contribution in [2.75, 3.05) is 19.8 Å². The molecule has 4 rings (SSSR count). The Morgan fingerprint density at radius 2 is 1.93 bits per heavy atom. The van der Waals surface area contributed by atoms with Crippen LogP contribution in [0.25, 0.3) is 0 Å². The summed E-state index contributed by atoms with van der Waals surface area (Å²) in [5, 5.41) is 10.6. The van der Waals surface area contributed by atoms with E-state index in [1.54, 1.807) is 27.6 Å². The van der Waals surface area contributed by atoms with Gasteiger partial charge in [-0.3, -0.25) is 14.4 Å². The van der Waals surface area contributed by atoms with Gasteiger partial charge in [0.05, 0.1) is 35.8 Å². The molecule has 1 aromatic carbocycles. The van der Waals surface area contributed by atoms with Crippen molar-refractivity contribution in [1.29, 1.82) is 0 Å². The van der Waals surface area contributed by atoms with Gasteiger partial charge in [0, 0.05) is 17.3 Å². The van der Waals surface area contributed by atoms with Gasteiger partial charge in [-0.2, -0.15) is 0 Å². The number of unbranched alkanes of at least 4 members (excludes halogenated alkanes) is 2. The van der Waals surface area contributed by atoms with Crippen LogP contribution in [-0.2, 0) is 19.1 Å². The fraction of sp³-hybridized carbons (Fsp3) is 0.594. The molecule has 7 nitrogen and oxygen atoms in total. The van der Waals surface area contributed by atoms with Crippen molar-refractivity contribution in [3.05, 3.63) is 61.2 Å². The van der Waals surface area contributed by atoms with Crippen LogP contribution in [0, 0.1) is 17.8 Å². The molecule has 0 aromatic heterocycles. The predicted molar refractivity (Wildman–Crippen MR) is 158 cm³/mol. The van der Waals surface area contributed by atoms with Crippen molar-refractivity contribution in [2.45, 2.75) is 81.0 Å². The highest BCUT2D eigenvalue weighted by atomic mass is 32.2. The SMILES string of the molecule is C=CCCCCOC(=O)[C@@H]1[C@H]2C(=O)N([C@H](CO)c3ccccc3)C(C(=O)N(CC=C)C(C)(C)C)C23S[C@@H]1CC3C. The van der Waals surface area contributed by atoms with E-state index in [2.05, 4.69) is 20.1 Å². The molecule has 40 heavy (non-hydrogen) atoms. The number of fused-ring (bicyclic) bond motifs is 1. The first-order valence-electron chi connectivity index (χ1n) is 14.4. The van der Waals surface area contributed by atoms with Crippen molar-refractivity contribution in [2.24, 2.45) is 17.8 Å². The van der Waals surface area contributed by atoms with Gasteiger partial charge in [0.2, 0.25) is 11.8 Å². The number of ether oxygens (including phenoxy) is 1. The number of carbonyl (C=O) groups is 3. The summed E-state index contributed by atoms with van der Waals surface area (Å²) in [7, 11) is 0. The molecule has 1 spiro atoms. The van der Waals surface area contributed by atoms with Crippen LogP contribution < -0.4 is 0 Å². The summed E-state index contributed by atoms with van der Waals surface area (Å²) in [6, 6.07) is 7.80. The van der Waals surface area contributed by atoms with Gasteiger partial charge in [-0.1, -0.05) is 49.4 Å². The van der Waals surface area contributed by atoms with Crippen LogP contribution >= 0.6 is 11.8 Å². The molecule has 2 bridgehead atoms. The van der Waals surface area contributed by atoms with Gasteiger partial charge in [0.25, 0.3) is 0 Å². The van der Waals surface area contributed by atoms with Gasteiger partial charge < -0.3 is 19.6 Å². The van der Waals surface area contributed by atoms with Crippen molar-refractivity contribution in [3.63, 3.8) is 0 Å². The third-order valence-corrected chi connectivity index (χ3v) is 10.9. The van der Waals surface area contributed by atoms with E-state index in [1.807, 2.05) is 57.2 Å². The van der Waals surface area contributed by atoms with Gasteiger partial charge in [-0.25, -0.2) is 0 Å². The molecule has 0 aliphatic carbocycles. The Morgan fingerprint density at radius 3 is 2.52 bits per heavy atom. The summed E-state index contributed by atoms with van der Waals surface area (Å²) in [6.45, 7) is 15.9. The normalized spacial score (nSPS) is 29.7. The quantitative estimate of drug-likeness (QED) is 0.222. The fourth-order valence-electron chi connectivity index (χ4n) is 7.00. The second kappa shape index (κ2) is 12.1. The van der Waals surface area contributed by atoms with Crippen LogP contribution in [0.4, 0.5) is 0 Å². The Kier molecular flexibility index (Phi) is 9.20. The number of hydrogen-bond donors (Lipinski definition) is 1. The molecule has 3 saturated heterocycles. The highest BCUT2D eigenvalue weighted by Gasteiger charge is 2.77. The molecule has 0 radical (unpaired) electrons. The summed E-state index contributed by atoms with van der Waals surface area (Å²) in [4.78, 5) is 46.2. The third-order valence-electron chi connectivity index (χ3n) is 8.82. The molecule has 3 heterocycles. The number of benzene rings is 1. The summed E-state index contributed by atoms with van der Waals surface area (Å²) in [6.07, 6.45) is 6.76. The van der Waals surface area contributed by atoms with Gasteiger partial charge in [0.15, 0.2) is 0 Å². The molecular weight excluding hydrogens is 524 g/mol. The second-order valence-electron chi connectivity index (χ2n) is 12.3. The Morgan fingerprint density at radius 1 is 1.23 bits per heavy atom. The number of esters is 1. The van der Waals surface area contributed by atoms with Crippen LogP contribution in [0.1, 0.15) is 65.0 Å². The number of allylic oxidation sites excluding steroid dienone is 1. The van der Waals surface area contributed by atoms with Gasteiger partial charge in [0.1, 0.15) is 6.04 Å². The predicted octanol–water partition coefficient (Wildman–Crippen LogP) is 4.77. The van der Waals surface area contributed by atoms with E-state index in [0.29, 0.717) is 13.2 Å². The highest BCUT2D eigenvalue weighted by Crippen LogP contribution is 2.69. The Bertz CT molecular complexity index is 1120. The molecule has 3 aliphatic rings. The van der Waals surface area contributed by atoms with E-state index in [4.69, 9.17) is 4.74 Å². The molecular formula is C32H44N2O5S. The molecule has 7 atom stereocenters. The number of carbonyl (C=O) groups excluding carboxylic acids is 3. The standard InChI is InChI=1S/C32H44N2O5S/c1-7-9-10-14-18-39-30(38)25-24-19-21(3)32(40-24)26(25)28(36)34(23(20-35)22-15-12-11-13-16-22)27(32)29(37)33(17-8-2)31(4,5)6/h7-8,11-13,15-16,21,23-27,35H,1-2,9-10,14,17-20H2,3-6H3/t21?,23-,24-,25+,26+,27?,32?/m1/s1. The van der Waals surface area contributed by atoms with Crippen LogP contribution in [0.2, 0.25) is 0 Å². The van der Waals surface area contributed by atoms with E-state index in [0.717, 1.165) is 31.2 Å². The summed E-state index contributed by atoms with van der Waals surface area (Å²) in [5.74, 6) is -2.06. The average Bonchev–Trinajstić information content (AvgIpc) is 3.51. The van der Waals surface area contributed by atoms with E-state index in [1.165, 1.54) is 0 Å². The molecule has 3 aliphatic heterocycles. The Balaban J connectivity index is 1.78. The van der Waals surface area contributed by atoms with E-state index < -0.39 is 34.2 Å². The molecule has 218 valence electrons. The first-order valence-corrected chi connectivity index (χ1v) is 15.3. The molecule has 3 fully saturated rings. The van der Waals surface area contributed by atoms with Crippen molar-refractivity contribution in [3.8, 4) is 0 Å². The smallest absolute Gasteiger partial charge is 0.310 e. The maximum atomic E-state index is 14.7. The number of rotatable bonds is 12. The topological polar surface area (TPSA) is 87.1 Å². The maximum Gasteiger partial charge on any atom is 0.310 e. The number of hydrogen-bond acceptors (Lipinski definition) is 6. The van der Waals surface area contributed by atoms with Crippen LogP contribution in [0.3, 0.4) is 0 Å². The number of aliphatic hydroxyl groups is 1. The fourth-order valence-corrected chi connectivity index (χ4v) is 9.39. The zero-order chi connectivity index (χ0) is 29.2. The van der Waals surface area contributed by atoms with Crippen molar-refractivity contribution < 1.29 is 24.2 Å². The monoisotopic (exact) mass is 568 g/mol. The van der Waals surface area contributed by atoms with Crippen LogP contribution in [-0.4, -0.2) is 74.0 Å². The number of likely N-dealkylation sites (tertiary alicyclic amines) is 1. The highest BCUT2D eigenvalue weighted by molar-refractivity contribution is 8.02. The summed E-state index contributed by atoms with van der Waals surface area (Å²) >= 11 is 1.62. The minimum atomic E-state index is -0.836. The molecule has 0 saturated carbocycles. The first-order chi connectivity index (χ1) is 19.0. The van der Waals surface area contributed by atoms with Crippen LogP contribution in [0.15, 0.2) is 55.6 Å². The number of thioether (sulfide) groups is 1. The molecule has 3 unspecified atom stereocenters. The molecule has 8 heteroatoms. The molecule has 1 aromatic rings.